The molecule has 0 bridgehead atoms. The number of allylic oxidation sites excluding steroid dienone is 4. The normalized spacial score (nSPS) is 14.8. The minimum absolute atomic E-state index is 0.143. The lowest BCUT2D eigenvalue weighted by Gasteiger charge is -2.14. The molecule has 5 aromatic rings. The molecule has 0 fully saturated rings. The van der Waals surface area contributed by atoms with Crippen LogP contribution in [0.2, 0.25) is 0 Å². The van der Waals surface area contributed by atoms with Gasteiger partial charge in [0.25, 0.3) is 15.7 Å². The van der Waals surface area contributed by atoms with Gasteiger partial charge in [-0.3, -0.25) is 4.72 Å². The second-order valence-corrected chi connectivity index (χ2v) is 14.3. The molecule has 0 amide bonds. The number of aromatic hydroxyl groups is 1. The van der Waals surface area contributed by atoms with E-state index in [2.05, 4.69) is 34.4 Å². The molecule has 0 saturated heterocycles. The molecule has 0 heterocycles. The highest BCUT2D eigenvalue weighted by molar-refractivity contribution is 7.92. The minimum atomic E-state index is -3.74. The number of hydrogen-bond acceptors (Lipinski definition) is 6. The second kappa shape index (κ2) is 14.4. The fourth-order valence-electron chi connectivity index (χ4n) is 5.78. The van der Waals surface area contributed by atoms with Crippen molar-refractivity contribution in [3.05, 3.63) is 149 Å². The summed E-state index contributed by atoms with van der Waals surface area (Å²) in [5.74, 6) is 1.10. The van der Waals surface area contributed by atoms with E-state index in [9.17, 15) is 13.5 Å². The van der Waals surface area contributed by atoms with Gasteiger partial charge in [0.05, 0.1) is 12.0 Å². The highest BCUT2D eigenvalue weighted by Gasteiger charge is 2.21. The summed E-state index contributed by atoms with van der Waals surface area (Å²) in [5.41, 5.74) is 11.6. The van der Waals surface area contributed by atoms with Crippen molar-refractivity contribution in [3.63, 3.8) is 0 Å². The fourth-order valence-corrected chi connectivity index (χ4v) is 6.84. The van der Waals surface area contributed by atoms with Gasteiger partial charge in [0.15, 0.2) is 11.5 Å². The Morgan fingerprint density at radius 3 is 2.20 bits per heavy atom. The average Bonchev–Trinajstić information content (AvgIpc) is 3.10. The zero-order valence-corrected chi connectivity index (χ0v) is 29.5. The maximum Gasteiger partial charge on any atom is 0.268 e. The smallest absolute Gasteiger partial charge is 0.268 e. The van der Waals surface area contributed by atoms with E-state index in [1.165, 1.54) is 0 Å². The summed E-state index contributed by atoms with van der Waals surface area (Å²) in [5, 5.41) is 19.5. The van der Waals surface area contributed by atoms with Gasteiger partial charge in [0.1, 0.15) is 5.69 Å². The van der Waals surface area contributed by atoms with Crippen molar-refractivity contribution in [2.45, 2.75) is 38.5 Å². The summed E-state index contributed by atoms with van der Waals surface area (Å²) in [6.07, 6.45) is 5.85. The lowest BCUT2D eigenvalue weighted by Crippen LogP contribution is -2.78. The number of anilines is 4. The van der Waals surface area contributed by atoms with Crippen molar-refractivity contribution in [2.24, 2.45) is 0 Å². The zero-order chi connectivity index (χ0) is 35.4. The molecule has 0 saturated carbocycles. The van der Waals surface area contributed by atoms with Crippen LogP contribution >= 0.6 is 0 Å². The SMILES string of the molecule is COC1=CC(=Cc2ccc(S(=O)(=O)Nc3ccc(C(C)C)cc3)cc2)C(C)=CC1=[NH+]Nc1c(C)cc2cc(Nc3ccccc3)ccc2c1O. The number of fused-ring (bicyclic) bond motifs is 1. The number of phenols is 1. The number of ether oxygens (including phenoxy) is 1. The minimum Gasteiger partial charge on any atom is -0.505 e. The molecule has 254 valence electrons. The molecule has 0 spiro atoms. The molecule has 0 aromatic heterocycles. The van der Waals surface area contributed by atoms with Crippen LogP contribution < -0.4 is 20.6 Å². The molecule has 8 nitrogen and oxygen atoms in total. The first kappa shape index (κ1) is 34.1. The molecule has 0 radical (unpaired) electrons. The Hall–Kier alpha value is -5.80. The molecular weight excluding hydrogens is 645 g/mol. The summed E-state index contributed by atoms with van der Waals surface area (Å²) < 4.78 is 34.5. The Kier molecular flexibility index (Phi) is 9.79. The molecule has 0 unspecified atom stereocenters. The molecule has 0 atom stereocenters. The highest BCUT2D eigenvalue weighted by atomic mass is 32.2. The number of benzene rings is 5. The van der Waals surface area contributed by atoms with E-state index in [0.717, 1.165) is 50.0 Å². The van der Waals surface area contributed by atoms with Crippen molar-refractivity contribution < 1.29 is 23.4 Å². The number of aryl methyl sites for hydroxylation is 1. The van der Waals surface area contributed by atoms with Gasteiger partial charge in [0, 0.05) is 28.5 Å². The third kappa shape index (κ3) is 7.58. The lowest BCUT2D eigenvalue weighted by atomic mass is 9.96. The molecule has 5 N–H and O–H groups in total. The zero-order valence-electron chi connectivity index (χ0n) is 28.7. The standard InChI is InChI=1S/C41H40N4O4S/c1-26(2)30-13-15-34(16-14-30)45-50(47,48)36-18-11-29(12-19-36)23-31-25-39(49-5)38(22-27(31)3)43-44-40-28(4)21-32-24-35(17-20-37(32)41(40)46)42-33-9-7-6-8-10-33/h6-26,42,44-46H,1-5H3/p+1. The van der Waals surface area contributed by atoms with Crippen molar-refractivity contribution in [3.8, 4) is 5.75 Å². The quantitative estimate of drug-likeness (QED) is 0.0754. The Balaban J connectivity index is 1.18. The monoisotopic (exact) mass is 685 g/mol. The van der Waals surface area contributed by atoms with Crippen LogP contribution in [0.3, 0.4) is 0 Å². The Labute approximate surface area is 293 Å². The van der Waals surface area contributed by atoms with Crippen molar-refractivity contribution in [1.82, 2.24) is 0 Å². The third-order valence-electron chi connectivity index (χ3n) is 8.62. The fraction of sp³-hybridized carbons (Fsp3) is 0.146. The summed E-state index contributed by atoms with van der Waals surface area (Å²) >= 11 is 0. The number of hydrazine groups is 1. The molecule has 6 rings (SSSR count). The first-order valence-corrected chi connectivity index (χ1v) is 17.9. The van der Waals surface area contributed by atoms with E-state index in [-0.39, 0.29) is 10.6 Å². The van der Waals surface area contributed by atoms with E-state index in [1.807, 2.05) is 98.8 Å². The maximum atomic E-state index is 13.0. The van der Waals surface area contributed by atoms with Gasteiger partial charge >= 0.3 is 0 Å². The third-order valence-corrected chi connectivity index (χ3v) is 10.0. The van der Waals surface area contributed by atoms with Crippen molar-refractivity contribution >= 4 is 55.3 Å². The van der Waals surface area contributed by atoms with Gasteiger partial charge in [-0.15, -0.1) is 5.10 Å². The number of methoxy groups -OCH3 is 1. The summed E-state index contributed by atoms with van der Waals surface area (Å²) in [6.45, 7) is 8.12. The Morgan fingerprint density at radius 1 is 0.820 bits per heavy atom. The molecule has 50 heavy (non-hydrogen) atoms. The highest BCUT2D eigenvalue weighted by Crippen LogP contribution is 2.36. The van der Waals surface area contributed by atoms with Gasteiger partial charge in [-0.2, -0.15) is 5.43 Å². The van der Waals surface area contributed by atoms with Gasteiger partial charge in [-0.05, 0) is 126 Å². The van der Waals surface area contributed by atoms with Gasteiger partial charge in [-0.1, -0.05) is 56.3 Å². The van der Waals surface area contributed by atoms with Crippen LogP contribution in [0.15, 0.2) is 137 Å². The topological polar surface area (TPSA) is 114 Å². The van der Waals surface area contributed by atoms with Gasteiger partial charge in [-0.25, -0.2) is 8.42 Å². The largest absolute Gasteiger partial charge is 0.505 e. The van der Waals surface area contributed by atoms with Gasteiger partial charge in [0.2, 0.25) is 0 Å². The maximum absolute atomic E-state index is 13.0. The first-order chi connectivity index (χ1) is 24.0. The number of nitrogens with one attached hydrogen (secondary N) is 4. The first-order valence-electron chi connectivity index (χ1n) is 16.4. The van der Waals surface area contributed by atoms with Crippen LogP contribution in [-0.2, 0) is 14.8 Å². The summed E-state index contributed by atoms with van der Waals surface area (Å²) in [4.78, 5) is 0.180. The number of phenolic OH excluding ortho intramolecular Hbond substituents is 1. The summed E-state index contributed by atoms with van der Waals surface area (Å²) in [6, 6.07) is 32.0. The Morgan fingerprint density at radius 2 is 1.52 bits per heavy atom. The average molecular weight is 686 g/mol. The molecule has 9 heteroatoms. The van der Waals surface area contributed by atoms with Gasteiger partial charge < -0.3 is 15.2 Å². The number of sulfonamides is 1. The summed E-state index contributed by atoms with van der Waals surface area (Å²) in [7, 11) is -2.14. The van der Waals surface area contributed by atoms with E-state index in [0.29, 0.717) is 28.8 Å². The number of rotatable bonds is 10. The Bertz CT molecular complexity index is 2270. The molecule has 5 aromatic carbocycles. The molecule has 1 aliphatic rings. The lowest BCUT2D eigenvalue weighted by molar-refractivity contribution is -0.418. The van der Waals surface area contributed by atoms with Crippen LogP contribution in [-0.4, -0.2) is 26.3 Å². The van der Waals surface area contributed by atoms with Crippen molar-refractivity contribution in [1.29, 1.82) is 0 Å². The van der Waals surface area contributed by atoms with Crippen LogP contribution in [0.25, 0.3) is 16.8 Å². The predicted molar refractivity (Wildman–Crippen MR) is 204 cm³/mol. The number of para-hydroxylation sites is 1. The molecule has 1 aliphatic carbocycles. The van der Waals surface area contributed by atoms with Crippen LogP contribution in [0.5, 0.6) is 5.75 Å². The molecular formula is C41H41N4O4S+. The van der Waals surface area contributed by atoms with E-state index < -0.39 is 10.0 Å². The second-order valence-electron chi connectivity index (χ2n) is 12.6. The van der Waals surface area contributed by atoms with E-state index >= 15 is 0 Å². The van der Waals surface area contributed by atoms with Crippen LogP contribution in [0, 0.1) is 6.92 Å². The van der Waals surface area contributed by atoms with Crippen LogP contribution in [0.4, 0.5) is 22.7 Å². The van der Waals surface area contributed by atoms with Crippen LogP contribution in [0.1, 0.15) is 43.4 Å². The molecule has 0 aliphatic heterocycles. The predicted octanol–water partition coefficient (Wildman–Crippen LogP) is 7.94. The van der Waals surface area contributed by atoms with Crippen molar-refractivity contribution in [2.75, 3.05) is 22.6 Å². The number of hydrogen-bond donors (Lipinski definition) is 5. The van der Waals surface area contributed by atoms with E-state index in [4.69, 9.17) is 4.74 Å². The van der Waals surface area contributed by atoms with E-state index in [1.54, 1.807) is 43.5 Å². The number of hydrazone groups is 1.